The molecule has 0 aliphatic carbocycles. The van der Waals surface area contributed by atoms with E-state index in [0.717, 1.165) is 25.8 Å². The monoisotopic (exact) mass is 297 g/mol. The quantitative estimate of drug-likeness (QED) is 0.778. The Morgan fingerprint density at radius 3 is 2.65 bits per heavy atom. The van der Waals surface area contributed by atoms with Crippen LogP contribution in [-0.4, -0.2) is 35.4 Å². The van der Waals surface area contributed by atoms with Crippen molar-refractivity contribution in [3.05, 3.63) is 22.8 Å². The highest BCUT2D eigenvalue weighted by molar-refractivity contribution is 6.33. The average Bonchev–Trinajstić information content (AvgIpc) is 2.42. The summed E-state index contributed by atoms with van der Waals surface area (Å²) in [5.74, 6) is 0.582. The van der Waals surface area contributed by atoms with Gasteiger partial charge in [0.15, 0.2) is 0 Å². The molecule has 4 nitrogen and oxygen atoms in total. The summed E-state index contributed by atoms with van der Waals surface area (Å²) in [6, 6.07) is 1.85. The molecule has 0 aliphatic heterocycles. The Balaban J connectivity index is 2.86. The van der Waals surface area contributed by atoms with E-state index in [1.54, 1.807) is 19.3 Å². The summed E-state index contributed by atoms with van der Waals surface area (Å²) in [7, 11) is 1.75. The van der Waals surface area contributed by atoms with Crippen LogP contribution in [-0.2, 0) is 0 Å². The molecule has 0 bridgehead atoms. The number of rotatable bonds is 7. The van der Waals surface area contributed by atoms with Crippen molar-refractivity contribution in [2.75, 3.05) is 18.9 Å². The van der Waals surface area contributed by atoms with Gasteiger partial charge < -0.3 is 10.2 Å². The summed E-state index contributed by atoms with van der Waals surface area (Å²) >= 11 is 6.09. The van der Waals surface area contributed by atoms with E-state index >= 15 is 0 Å². The maximum absolute atomic E-state index is 12.5. The SMILES string of the molecule is CCCCCN(C(=O)c1cnc(NC)c(Cl)c1)C(C)C. The van der Waals surface area contributed by atoms with Gasteiger partial charge in [-0.3, -0.25) is 4.79 Å². The van der Waals surface area contributed by atoms with Crippen LogP contribution in [0.5, 0.6) is 0 Å². The van der Waals surface area contributed by atoms with Crippen molar-refractivity contribution in [3.8, 4) is 0 Å². The lowest BCUT2D eigenvalue weighted by atomic mass is 10.1. The van der Waals surface area contributed by atoms with Crippen LogP contribution in [0.3, 0.4) is 0 Å². The van der Waals surface area contributed by atoms with Crippen LogP contribution >= 0.6 is 11.6 Å². The number of nitrogens with one attached hydrogen (secondary N) is 1. The third-order valence-corrected chi connectivity index (χ3v) is 3.50. The highest BCUT2D eigenvalue weighted by Crippen LogP contribution is 2.21. The van der Waals surface area contributed by atoms with Gasteiger partial charge in [0.05, 0.1) is 10.6 Å². The fraction of sp³-hybridized carbons (Fsp3) is 0.600. The molecule has 0 aliphatic rings. The van der Waals surface area contributed by atoms with Gasteiger partial charge in [-0.1, -0.05) is 31.4 Å². The molecule has 112 valence electrons. The molecule has 0 radical (unpaired) electrons. The van der Waals surface area contributed by atoms with Gasteiger partial charge in [0.25, 0.3) is 5.91 Å². The molecule has 0 atom stereocenters. The summed E-state index contributed by atoms with van der Waals surface area (Å²) in [5.41, 5.74) is 0.541. The Morgan fingerprint density at radius 1 is 1.45 bits per heavy atom. The van der Waals surface area contributed by atoms with Crippen LogP contribution in [0.25, 0.3) is 0 Å². The topological polar surface area (TPSA) is 45.2 Å². The van der Waals surface area contributed by atoms with E-state index in [9.17, 15) is 4.79 Å². The molecular formula is C15H24ClN3O. The normalized spacial score (nSPS) is 10.7. The second-order valence-corrected chi connectivity index (χ2v) is 5.51. The van der Waals surface area contributed by atoms with E-state index < -0.39 is 0 Å². The minimum Gasteiger partial charge on any atom is -0.372 e. The van der Waals surface area contributed by atoms with Crippen molar-refractivity contribution in [2.45, 2.75) is 46.1 Å². The smallest absolute Gasteiger partial charge is 0.255 e. The molecule has 5 heteroatoms. The molecule has 1 heterocycles. The summed E-state index contributed by atoms with van der Waals surface area (Å²) in [5, 5.41) is 3.36. The summed E-state index contributed by atoms with van der Waals surface area (Å²) in [4.78, 5) is 18.6. The number of anilines is 1. The molecule has 0 unspecified atom stereocenters. The van der Waals surface area contributed by atoms with E-state index in [1.807, 2.05) is 18.7 Å². The highest BCUT2D eigenvalue weighted by atomic mass is 35.5. The van der Waals surface area contributed by atoms with Crippen molar-refractivity contribution in [1.29, 1.82) is 0 Å². The molecular weight excluding hydrogens is 274 g/mol. The Labute approximate surface area is 126 Å². The molecule has 0 fully saturated rings. The van der Waals surface area contributed by atoms with Crippen molar-refractivity contribution in [3.63, 3.8) is 0 Å². The molecule has 1 aromatic heterocycles. The first-order valence-corrected chi connectivity index (χ1v) is 7.53. The predicted octanol–water partition coefficient (Wildman–Crippen LogP) is 3.82. The van der Waals surface area contributed by atoms with Crippen LogP contribution in [0.4, 0.5) is 5.82 Å². The molecule has 1 amide bonds. The number of nitrogens with zero attached hydrogens (tertiary/aromatic N) is 2. The number of unbranched alkanes of at least 4 members (excludes halogenated alkanes) is 2. The Hall–Kier alpha value is -1.29. The van der Waals surface area contributed by atoms with E-state index in [-0.39, 0.29) is 11.9 Å². The van der Waals surface area contributed by atoms with Crippen molar-refractivity contribution < 1.29 is 4.79 Å². The zero-order chi connectivity index (χ0) is 15.1. The second-order valence-electron chi connectivity index (χ2n) is 5.10. The third kappa shape index (κ3) is 4.37. The van der Waals surface area contributed by atoms with Gasteiger partial charge >= 0.3 is 0 Å². The van der Waals surface area contributed by atoms with Gasteiger partial charge in [-0.2, -0.15) is 0 Å². The third-order valence-electron chi connectivity index (χ3n) is 3.21. The van der Waals surface area contributed by atoms with E-state index in [4.69, 9.17) is 11.6 Å². The second kappa shape index (κ2) is 8.10. The number of carbonyl (C=O) groups excluding carboxylic acids is 1. The van der Waals surface area contributed by atoms with Crippen LogP contribution in [0.2, 0.25) is 5.02 Å². The van der Waals surface area contributed by atoms with Crippen molar-refractivity contribution in [2.24, 2.45) is 0 Å². The molecule has 1 rings (SSSR count). The molecule has 0 aromatic carbocycles. The Morgan fingerprint density at radius 2 is 2.15 bits per heavy atom. The fourth-order valence-electron chi connectivity index (χ4n) is 2.03. The summed E-state index contributed by atoms with van der Waals surface area (Å²) in [6.07, 6.45) is 4.88. The minimum atomic E-state index is -0.00634. The molecule has 20 heavy (non-hydrogen) atoms. The predicted molar refractivity (Wildman–Crippen MR) is 84.5 cm³/mol. The number of hydrogen-bond acceptors (Lipinski definition) is 3. The summed E-state index contributed by atoms with van der Waals surface area (Å²) in [6.45, 7) is 6.99. The van der Waals surface area contributed by atoms with Gasteiger partial charge in [0.2, 0.25) is 0 Å². The van der Waals surface area contributed by atoms with Gasteiger partial charge in [0.1, 0.15) is 5.82 Å². The zero-order valence-electron chi connectivity index (χ0n) is 12.7. The van der Waals surface area contributed by atoms with Crippen LogP contribution in [0.1, 0.15) is 50.4 Å². The molecule has 1 aromatic rings. The van der Waals surface area contributed by atoms with E-state index in [2.05, 4.69) is 17.2 Å². The molecule has 1 N–H and O–H groups in total. The number of amides is 1. The zero-order valence-corrected chi connectivity index (χ0v) is 13.5. The first-order valence-electron chi connectivity index (χ1n) is 7.15. The first kappa shape index (κ1) is 16.8. The maximum atomic E-state index is 12.5. The number of carbonyl (C=O) groups is 1. The Bertz CT molecular complexity index is 449. The van der Waals surface area contributed by atoms with E-state index in [1.165, 1.54) is 0 Å². The lowest BCUT2D eigenvalue weighted by Gasteiger charge is -2.27. The van der Waals surface area contributed by atoms with E-state index in [0.29, 0.717) is 16.4 Å². The van der Waals surface area contributed by atoms with Crippen LogP contribution < -0.4 is 5.32 Å². The minimum absolute atomic E-state index is 0.00634. The number of halogens is 1. The Kier molecular flexibility index (Phi) is 6.79. The average molecular weight is 298 g/mol. The van der Waals surface area contributed by atoms with Gasteiger partial charge in [-0.15, -0.1) is 0 Å². The molecule has 0 saturated heterocycles. The maximum Gasteiger partial charge on any atom is 0.255 e. The lowest BCUT2D eigenvalue weighted by molar-refractivity contribution is 0.0702. The first-order chi connectivity index (χ1) is 9.51. The number of aromatic nitrogens is 1. The van der Waals surface area contributed by atoms with Crippen LogP contribution in [0, 0.1) is 0 Å². The standard InChI is InChI=1S/C15H24ClN3O/c1-5-6-7-8-19(11(2)3)15(20)12-9-13(16)14(17-4)18-10-12/h9-11H,5-8H2,1-4H3,(H,17,18). The van der Waals surface area contributed by atoms with Crippen molar-refractivity contribution >= 4 is 23.3 Å². The molecule has 0 spiro atoms. The summed E-state index contributed by atoms with van der Waals surface area (Å²) < 4.78 is 0. The van der Waals surface area contributed by atoms with Gasteiger partial charge in [-0.05, 0) is 26.3 Å². The fourth-order valence-corrected chi connectivity index (χ4v) is 2.29. The highest BCUT2D eigenvalue weighted by Gasteiger charge is 2.19. The van der Waals surface area contributed by atoms with Gasteiger partial charge in [-0.25, -0.2) is 4.98 Å². The molecule has 0 saturated carbocycles. The van der Waals surface area contributed by atoms with Gasteiger partial charge in [0, 0.05) is 25.8 Å². The van der Waals surface area contributed by atoms with Crippen LogP contribution in [0.15, 0.2) is 12.3 Å². The lowest BCUT2D eigenvalue weighted by Crippen LogP contribution is -2.37. The largest absolute Gasteiger partial charge is 0.372 e. The van der Waals surface area contributed by atoms with Crippen molar-refractivity contribution in [1.82, 2.24) is 9.88 Å². The number of pyridine rings is 1. The number of hydrogen-bond donors (Lipinski definition) is 1.